The van der Waals surface area contributed by atoms with Gasteiger partial charge in [-0.3, -0.25) is 0 Å². The summed E-state index contributed by atoms with van der Waals surface area (Å²) in [6.45, 7) is 9.83. The van der Waals surface area contributed by atoms with Gasteiger partial charge in [0.1, 0.15) is 5.60 Å². The number of carbonyl (C=O) groups is 1. The summed E-state index contributed by atoms with van der Waals surface area (Å²) in [6, 6.07) is -0.0748. The summed E-state index contributed by atoms with van der Waals surface area (Å²) in [7, 11) is 0. The first-order valence-corrected chi connectivity index (χ1v) is 7.97. The van der Waals surface area contributed by atoms with Crippen molar-refractivity contribution in [2.24, 2.45) is 5.92 Å². The molecule has 3 atom stereocenters. The zero-order chi connectivity index (χ0) is 16.0. The minimum absolute atomic E-state index is 0.0390. The molecule has 1 amide bonds. The molecule has 0 spiro atoms. The van der Waals surface area contributed by atoms with E-state index in [1.807, 2.05) is 20.8 Å². The number of alkyl carbamates (subject to hydrolysis) is 1. The third kappa shape index (κ3) is 7.14. The van der Waals surface area contributed by atoms with E-state index in [9.17, 15) is 9.90 Å². The van der Waals surface area contributed by atoms with E-state index < -0.39 is 11.7 Å². The molecule has 0 aromatic carbocycles. The first-order chi connectivity index (χ1) is 9.71. The number of carbonyl (C=O) groups excluding carboxylic acids is 1. The van der Waals surface area contributed by atoms with E-state index in [-0.39, 0.29) is 24.9 Å². The lowest BCUT2D eigenvalue weighted by Crippen LogP contribution is -2.49. The fraction of sp³-hybridized carbons (Fsp3) is 0.938. The highest BCUT2D eigenvalue weighted by atomic mass is 16.6. The van der Waals surface area contributed by atoms with Gasteiger partial charge in [-0.05, 0) is 52.4 Å². The van der Waals surface area contributed by atoms with Gasteiger partial charge >= 0.3 is 6.09 Å². The molecule has 5 heteroatoms. The zero-order valence-electron chi connectivity index (χ0n) is 14.0. The Morgan fingerprint density at radius 3 is 2.57 bits per heavy atom. The van der Waals surface area contributed by atoms with E-state index in [1.54, 1.807) is 0 Å². The Morgan fingerprint density at radius 1 is 1.38 bits per heavy atom. The van der Waals surface area contributed by atoms with E-state index in [2.05, 4.69) is 19.2 Å². The molecule has 0 aromatic heterocycles. The molecule has 1 aliphatic rings. The van der Waals surface area contributed by atoms with Crippen LogP contribution in [0.4, 0.5) is 4.79 Å². The van der Waals surface area contributed by atoms with Gasteiger partial charge in [-0.2, -0.15) is 0 Å². The summed E-state index contributed by atoms with van der Waals surface area (Å²) < 4.78 is 11.2. The minimum Gasteiger partial charge on any atom is -0.444 e. The van der Waals surface area contributed by atoms with Gasteiger partial charge in [-0.25, -0.2) is 4.79 Å². The van der Waals surface area contributed by atoms with Crippen molar-refractivity contribution in [2.75, 3.05) is 6.61 Å². The van der Waals surface area contributed by atoms with Gasteiger partial charge in [-0.1, -0.05) is 13.8 Å². The predicted molar refractivity (Wildman–Crippen MR) is 82.2 cm³/mol. The second-order valence-corrected chi connectivity index (χ2v) is 7.29. The molecule has 0 saturated carbocycles. The molecule has 1 rings (SSSR count). The van der Waals surface area contributed by atoms with E-state index in [4.69, 9.17) is 9.47 Å². The summed E-state index contributed by atoms with van der Waals surface area (Å²) in [5.41, 5.74) is -0.506. The Labute approximate surface area is 128 Å². The molecule has 0 unspecified atom stereocenters. The fourth-order valence-electron chi connectivity index (χ4n) is 2.63. The molecular weight excluding hydrogens is 270 g/mol. The summed E-state index contributed by atoms with van der Waals surface area (Å²) in [6.07, 6.45) is 3.08. The lowest BCUT2D eigenvalue weighted by Gasteiger charge is -2.36. The number of amides is 1. The van der Waals surface area contributed by atoms with Gasteiger partial charge in [0, 0.05) is 0 Å². The monoisotopic (exact) mass is 301 g/mol. The van der Waals surface area contributed by atoms with E-state index >= 15 is 0 Å². The molecule has 2 N–H and O–H groups in total. The Kier molecular flexibility index (Phi) is 6.94. The van der Waals surface area contributed by atoms with Crippen molar-refractivity contribution in [1.29, 1.82) is 0 Å². The first kappa shape index (κ1) is 18.2. The first-order valence-electron chi connectivity index (χ1n) is 7.97. The van der Waals surface area contributed by atoms with Crippen LogP contribution < -0.4 is 5.32 Å². The molecule has 5 nitrogen and oxygen atoms in total. The second-order valence-electron chi connectivity index (χ2n) is 7.29. The van der Waals surface area contributed by atoms with Crippen LogP contribution in [-0.4, -0.2) is 41.7 Å². The number of nitrogens with one attached hydrogen (secondary N) is 1. The maximum absolute atomic E-state index is 12.0. The highest BCUT2D eigenvalue weighted by Gasteiger charge is 2.31. The van der Waals surface area contributed by atoms with Gasteiger partial charge in [0.15, 0.2) is 0 Å². The number of hydrogen-bond donors (Lipinski definition) is 2. The lowest BCUT2D eigenvalue weighted by atomic mass is 9.93. The van der Waals surface area contributed by atoms with Gasteiger partial charge in [0.2, 0.25) is 0 Å². The molecule has 0 radical (unpaired) electrons. The predicted octanol–water partition coefficient (Wildman–Crippen LogP) is 2.86. The average Bonchev–Trinajstić information content (AvgIpc) is 2.35. The summed E-state index contributed by atoms with van der Waals surface area (Å²) in [5.74, 6) is 0.447. The van der Waals surface area contributed by atoms with Crippen LogP contribution in [0.3, 0.4) is 0 Å². The molecule has 21 heavy (non-hydrogen) atoms. The SMILES string of the molecule is CC(C)C[C@H](NC(=O)OC(C)(C)C)[C@@H]1CCC[C@@H](CO)O1. The Morgan fingerprint density at radius 2 is 2.05 bits per heavy atom. The van der Waals surface area contributed by atoms with Crippen LogP contribution in [-0.2, 0) is 9.47 Å². The topological polar surface area (TPSA) is 67.8 Å². The lowest BCUT2D eigenvalue weighted by molar-refractivity contribution is -0.0881. The summed E-state index contributed by atoms with van der Waals surface area (Å²) in [4.78, 5) is 12.0. The zero-order valence-corrected chi connectivity index (χ0v) is 14.0. The molecule has 1 heterocycles. The third-order valence-corrected chi connectivity index (χ3v) is 3.46. The van der Waals surface area contributed by atoms with Crippen LogP contribution in [0.2, 0.25) is 0 Å². The Balaban J connectivity index is 2.64. The quantitative estimate of drug-likeness (QED) is 0.819. The highest BCUT2D eigenvalue weighted by molar-refractivity contribution is 5.68. The van der Waals surface area contributed by atoms with Crippen LogP contribution in [0, 0.1) is 5.92 Å². The Bertz CT molecular complexity index is 325. The molecular formula is C16H31NO4. The van der Waals surface area contributed by atoms with Crippen molar-refractivity contribution in [1.82, 2.24) is 5.32 Å². The van der Waals surface area contributed by atoms with Crippen LogP contribution in [0.25, 0.3) is 0 Å². The van der Waals surface area contributed by atoms with Crippen LogP contribution in [0.5, 0.6) is 0 Å². The maximum Gasteiger partial charge on any atom is 0.407 e. The minimum atomic E-state index is -0.506. The third-order valence-electron chi connectivity index (χ3n) is 3.46. The van der Waals surface area contributed by atoms with Crippen molar-refractivity contribution >= 4 is 6.09 Å². The number of aliphatic hydroxyl groups is 1. The standard InChI is InChI=1S/C16H31NO4/c1-11(2)9-13(17-15(19)21-16(3,4)5)14-8-6-7-12(10-18)20-14/h11-14,18H,6-10H2,1-5H3,(H,17,19)/t12-,13-,14-/m0/s1. The molecule has 1 saturated heterocycles. The van der Waals surface area contributed by atoms with Gasteiger partial charge in [0.25, 0.3) is 0 Å². The molecule has 0 aromatic rings. The normalized spacial score (nSPS) is 24.7. The van der Waals surface area contributed by atoms with E-state index in [0.717, 1.165) is 25.7 Å². The molecule has 124 valence electrons. The second kappa shape index (κ2) is 7.99. The van der Waals surface area contributed by atoms with Crippen LogP contribution in [0.1, 0.15) is 60.3 Å². The van der Waals surface area contributed by atoms with Crippen molar-refractivity contribution in [3.05, 3.63) is 0 Å². The molecule has 0 bridgehead atoms. The van der Waals surface area contributed by atoms with E-state index in [0.29, 0.717) is 5.92 Å². The van der Waals surface area contributed by atoms with E-state index in [1.165, 1.54) is 0 Å². The summed E-state index contributed by atoms with van der Waals surface area (Å²) in [5, 5.41) is 12.2. The largest absolute Gasteiger partial charge is 0.444 e. The average molecular weight is 301 g/mol. The van der Waals surface area contributed by atoms with Crippen molar-refractivity contribution in [3.63, 3.8) is 0 Å². The Hall–Kier alpha value is -0.810. The maximum atomic E-state index is 12.0. The van der Waals surface area contributed by atoms with Crippen molar-refractivity contribution in [2.45, 2.75) is 84.2 Å². The summed E-state index contributed by atoms with van der Waals surface area (Å²) >= 11 is 0. The van der Waals surface area contributed by atoms with Crippen LogP contribution in [0.15, 0.2) is 0 Å². The van der Waals surface area contributed by atoms with Gasteiger partial charge < -0.3 is 19.9 Å². The number of rotatable bonds is 5. The highest BCUT2D eigenvalue weighted by Crippen LogP contribution is 2.24. The smallest absolute Gasteiger partial charge is 0.407 e. The van der Waals surface area contributed by atoms with Crippen molar-refractivity contribution < 1.29 is 19.4 Å². The molecule has 1 fully saturated rings. The van der Waals surface area contributed by atoms with Crippen molar-refractivity contribution in [3.8, 4) is 0 Å². The fourth-order valence-corrected chi connectivity index (χ4v) is 2.63. The molecule has 1 aliphatic heterocycles. The van der Waals surface area contributed by atoms with Crippen LogP contribution >= 0.6 is 0 Å². The van der Waals surface area contributed by atoms with Gasteiger partial charge in [-0.15, -0.1) is 0 Å². The molecule has 0 aliphatic carbocycles. The number of aliphatic hydroxyl groups excluding tert-OH is 1. The van der Waals surface area contributed by atoms with Gasteiger partial charge in [0.05, 0.1) is 24.9 Å². The number of hydrogen-bond acceptors (Lipinski definition) is 4. The number of ether oxygens (including phenoxy) is 2.